The fourth-order valence-electron chi connectivity index (χ4n) is 3.78. The maximum Gasteiger partial charge on any atom is 0.258 e. The van der Waals surface area contributed by atoms with Gasteiger partial charge in [0.05, 0.1) is 16.5 Å². The first-order chi connectivity index (χ1) is 14.2. The van der Waals surface area contributed by atoms with Gasteiger partial charge in [-0.1, -0.05) is 29.8 Å². The van der Waals surface area contributed by atoms with Gasteiger partial charge in [-0.05, 0) is 44.0 Å². The molecule has 30 heavy (non-hydrogen) atoms. The van der Waals surface area contributed by atoms with Gasteiger partial charge in [0, 0.05) is 24.0 Å². The molecule has 9 heteroatoms. The van der Waals surface area contributed by atoms with Gasteiger partial charge >= 0.3 is 0 Å². The molecule has 0 bridgehead atoms. The Hall–Kier alpha value is -2.71. The van der Waals surface area contributed by atoms with Crippen molar-refractivity contribution in [1.82, 2.24) is 9.38 Å². The largest absolute Gasteiger partial charge is 0.308 e. The Morgan fingerprint density at radius 3 is 2.77 bits per heavy atom. The van der Waals surface area contributed by atoms with Gasteiger partial charge in [0.25, 0.3) is 5.56 Å². The summed E-state index contributed by atoms with van der Waals surface area (Å²) in [6.45, 7) is 3.28. The minimum Gasteiger partial charge on any atom is -0.308 e. The van der Waals surface area contributed by atoms with Crippen LogP contribution in [0.4, 0.5) is 5.69 Å². The van der Waals surface area contributed by atoms with Gasteiger partial charge in [-0.3, -0.25) is 14.0 Å². The van der Waals surface area contributed by atoms with Crippen molar-refractivity contribution >= 4 is 38.7 Å². The summed E-state index contributed by atoms with van der Waals surface area (Å²) in [5, 5.41) is -0.900. The molecule has 0 radical (unpaired) electrons. The van der Waals surface area contributed by atoms with Crippen LogP contribution < -0.4 is 10.5 Å². The number of hydrogen-bond acceptors (Lipinski definition) is 5. The Balaban J connectivity index is 1.62. The smallest absolute Gasteiger partial charge is 0.258 e. The number of halogens is 1. The van der Waals surface area contributed by atoms with E-state index < -0.39 is 32.3 Å². The Kier molecular flexibility index (Phi) is 5.15. The zero-order valence-corrected chi connectivity index (χ0v) is 18.0. The van der Waals surface area contributed by atoms with Gasteiger partial charge in [0.1, 0.15) is 10.9 Å². The number of sulfone groups is 1. The van der Waals surface area contributed by atoms with E-state index in [4.69, 9.17) is 11.6 Å². The van der Waals surface area contributed by atoms with E-state index in [0.29, 0.717) is 11.4 Å². The molecule has 0 spiro atoms. The molecule has 0 aliphatic carbocycles. The van der Waals surface area contributed by atoms with E-state index >= 15 is 0 Å². The highest BCUT2D eigenvalue weighted by molar-refractivity contribution is 7.92. The van der Waals surface area contributed by atoms with Crippen LogP contribution in [0, 0.1) is 0 Å². The fourth-order valence-corrected chi connectivity index (χ4v) is 5.17. The number of amides is 1. The average Bonchev–Trinajstić information content (AvgIpc) is 3.03. The third-order valence-electron chi connectivity index (χ3n) is 5.36. The summed E-state index contributed by atoms with van der Waals surface area (Å²) in [6.07, 6.45) is 2.10. The van der Waals surface area contributed by atoms with E-state index in [-0.39, 0.29) is 17.4 Å². The number of carbonyl (C=O) groups is 1. The van der Waals surface area contributed by atoms with Crippen molar-refractivity contribution < 1.29 is 13.2 Å². The Labute approximate surface area is 178 Å². The van der Waals surface area contributed by atoms with Crippen LogP contribution in [0.15, 0.2) is 53.5 Å². The van der Waals surface area contributed by atoms with Gasteiger partial charge in [-0.15, -0.1) is 0 Å². The summed E-state index contributed by atoms with van der Waals surface area (Å²) in [7, 11) is -3.90. The third-order valence-corrected chi connectivity index (χ3v) is 7.56. The number of hydrogen-bond donors (Lipinski definition) is 0. The molecule has 1 amide bonds. The molecule has 3 heterocycles. The number of aromatic nitrogens is 2. The summed E-state index contributed by atoms with van der Waals surface area (Å²) in [5.74, 6) is -0.977. The lowest BCUT2D eigenvalue weighted by atomic mass is 10.1. The number of carbonyl (C=O) groups excluding carboxylic acids is 1. The quantitative estimate of drug-likeness (QED) is 0.616. The van der Waals surface area contributed by atoms with Gasteiger partial charge in [0.15, 0.2) is 9.84 Å². The molecule has 1 aromatic carbocycles. The summed E-state index contributed by atoms with van der Waals surface area (Å²) in [5.41, 5.74) is 1.71. The minimum atomic E-state index is -3.90. The van der Waals surface area contributed by atoms with Crippen LogP contribution in [0.5, 0.6) is 0 Å². The summed E-state index contributed by atoms with van der Waals surface area (Å²) < 4.78 is 27.2. The molecule has 0 fully saturated rings. The first-order valence-electron chi connectivity index (χ1n) is 9.48. The summed E-state index contributed by atoms with van der Waals surface area (Å²) in [4.78, 5) is 31.3. The summed E-state index contributed by atoms with van der Waals surface area (Å²) in [6, 6.07) is 11.6. The lowest BCUT2D eigenvalue weighted by Gasteiger charge is -2.26. The van der Waals surface area contributed by atoms with Crippen LogP contribution in [-0.2, 0) is 26.8 Å². The topological polar surface area (TPSA) is 88.8 Å². The molecular weight excluding hydrogens is 426 g/mol. The molecule has 2 atom stereocenters. The van der Waals surface area contributed by atoms with Crippen molar-refractivity contribution in [3.8, 4) is 0 Å². The second-order valence-corrected chi connectivity index (χ2v) is 10.3. The molecule has 0 saturated heterocycles. The van der Waals surface area contributed by atoms with Crippen LogP contribution in [0.1, 0.15) is 25.1 Å². The van der Waals surface area contributed by atoms with Crippen molar-refractivity contribution in [1.29, 1.82) is 0 Å². The number of pyridine rings is 1. The van der Waals surface area contributed by atoms with Crippen LogP contribution in [0.3, 0.4) is 0 Å². The number of fused-ring (bicyclic) bond motifs is 2. The van der Waals surface area contributed by atoms with E-state index in [0.717, 1.165) is 17.3 Å². The molecule has 1 aliphatic heterocycles. The number of nitrogens with zero attached hydrogens (tertiary/aromatic N) is 3. The Morgan fingerprint density at radius 2 is 2.00 bits per heavy atom. The first kappa shape index (κ1) is 20.6. The SMILES string of the molecule is CC1Cc2ccccc2N1C(=O)C(C)S(=O)(=O)Cc1cc(=O)n2cc(Cl)ccc2n1. The molecule has 0 N–H and O–H groups in total. The minimum absolute atomic E-state index is 0.0943. The average molecular weight is 446 g/mol. The van der Waals surface area contributed by atoms with E-state index in [1.54, 1.807) is 11.0 Å². The standard InChI is InChI=1S/C21H20ClN3O4S/c1-13-9-15-5-3-4-6-18(15)25(13)21(27)14(2)30(28,29)12-17-10-20(26)24-11-16(22)7-8-19(24)23-17/h3-8,10-11,13-14H,9,12H2,1-2H3. The maximum atomic E-state index is 13.1. The van der Waals surface area contributed by atoms with Crippen molar-refractivity contribution in [2.75, 3.05) is 4.90 Å². The molecule has 2 unspecified atom stereocenters. The van der Waals surface area contributed by atoms with Crippen molar-refractivity contribution in [3.05, 3.63) is 75.3 Å². The second-order valence-electron chi connectivity index (χ2n) is 7.50. The van der Waals surface area contributed by atoms with Gasteiger partial charge in [0.2, 0.25) is 5.91 Å². The molecule has 0 saturated carbocycles. The predicted octanol–water partition coefficient (Wildman–Crippen LogP) is 2.63. The molecule has 4 rings (SSSR count). The molecule has 156 valence electrons. The number of benzene rings is 1. The van der Waals surface area contributed by atoms with E-state index in [1.165, 1.54) is 23.6 Å². The van der Waals surface area contributed by atoms with Gasteiger partial charge in [-0.2, -0.15) is 0 Å². The highest BCUT2D eigenvalue weighted by Crippen LogP contribution is 2.33. The lowest BCUT2D eigenvalue weighted by Crippen LogP contribution is -2.44. The van der Waals surface area contributed by atoms with Crippen LogP contribution in [-0.4, -0.2) is 35.0 Å². The van der Waals surface area contributed by atoms with Crippen molar-refractivity contribution in [2.45, 2.75) is 37.3 Å². The second kappa shape index (κ2) is 7.52. The van der Waals surface area contributed by atoms with E-state index in [1.807, 2.05) is 31.2 Å². The van der Waals surface area contributed by atoms with Crippen LogP contribution in [0.2, 0.25) is 5.02 Å². The zero-order chi connectivity index (χ0) is 21.6. The fraction of sp³-hybridized carbons (Fsp3) is 0.286. The molecule has 7 nitrogen and oxygen atoms in total. The normalized spacial score (nSPS) is 17.2. The Morgan fingerprint density at radius 1 is 1.27 bits per heavy atom. The molecule has 3 aromatic rings. The van der Waals surface area contributed by atoms with Crippen LogP contribution >= 0.6 is 11.6 Å². The molecule has 2 aromatic heterocycles. The predicted molar refractivity (Wildman–Crippen MR) is 116 cm³/mol. The highest BCUT2D eigenvalue weighted by Gasteiger charge is 2.38. The molecule has 1 aliphatic rings. The van der Waals surface area contributed by atoms with E-state index in [9.17, 15) is 18.0 Å². The molecular formula is C21H20ClN3O4S. The van der Waals surface area contributed by atoms with Crippen LogP contribution in [0.25, 0.3) is 5.65 Å². The highest BCUT2D eigenvalue weighted by atomic mass is 35.5. The third kappa shape index (κ3) is 3.61. The monoisotopic (exact) mass is 445 g/mol. The van der Waals surface area contributed by atoms with Gasteiger partial charge in [-0.25, -0.2) is 13.4 Å². The maximum absolute atomic E-state index is 13.1. The Bertz CT molecular complexity index is 1320. The van der Waals surface area contributed by atoms with Gasteiger partial charge < -0.3 is 4.90 Å². The van der Waals surface area contributed by atoms with Crippen molar-refractivity contribution in [3.63, 3.8) is 0 Å². The number of anilines is 1. The lowest BCUT2D eigenvalue weighted by molar-refractivity contribution is -0.118. The summed E-state index contributed by atoms with van der Waals surface area (Å²) >= 11 is 5.90. The van der Waals surface area contributed by atoms with Crippen molar-refractivity contribution in [2.24, 2.45) is 0 Å². The zero-order valence-electron chi connectivity index (χ0n) is 16.4. The first-order valence-corrected chi connectivity index (χ1v) is 11.6. The number of para-hydroxylation sites is 1. The van der Waals surface area contributed by atoms with E-state index in [2.05, 4.69) is 4.98 Å². The number of rotatable bonds is 4.